The van der Waals surface area contributed by atoms with Gasteiger partial charge in [-0.2, -0.15) is 0 Å². The topological polar surface area (TPSA) is 40.5 Å². The third-order valence-corrected chi connectivity index (χ3v) is 4.25. The molecule has 1 aromatic carbocycles. The molecule has 0 amide bonds. The largest absolute Gasteiger partial charge is 0.390 e. The van der Waals surface area contributed by atoms with Crippen LogP contribution in [-0.4, -0.2) is 21.9 Å². The van der Waals surface area contributed by atoms with E-state index in [4.69, 9.17) is 0 Å². The van der Waals surface area contributed by atoms with Gasteiger partial charge in [0, 0.05) is 0 Å². The maximum absolute atomic E-state index is 10.3. The van der Waals surface area contributed by atoms with Gasteiger partial charge in [-0.05, 0) is 36.7 Å². The summed E-state index contributed by atoms with van der Waals surface area (Å²) in [6.07, 6.45) is 1.63. The minimum absolute atomic E-state index is 0.224. The first-order chi connectivity index (χ1) is 8.12. The van der Waals surface area contributed by atoms with E-state index in [9.17, 15) is 10.2 Å². The number of benzene rings is 1. The zero-order valence-corrected chi connectivity index (χ0v) is 10.6. The molecule has 3 atom stereocenters. The van der Waals surface area contributed by atoms with Crippen molar-refractivity contribution < 1.29 is 10.2 Å². The highest BCUT2D eigenvalue weighted by atomic mass is 16.3. The highest BCUT2D eigenvalue weighted by Gasteiger charge is 2.50. The number of hydrogen-bond acceptors (Lipinski definition) is 2. The maximum Gasteiger partial charge on any atom is 0.0903 e. The van der Waals surface area contributed by atoms with Crippen molar-refractivity contribution >= 4 is 0 Å². The van der Waals surface area contributed by atoms with E-state index in [0.29, 0.717) is 18.8 Å². The Morgan fingerprint density at radius 1 is 1.24 bits per heavy atom. The van der Waals surface area contributed by atoms with Gasteiger partial charge < -0.3 is 10.2 Å². The molecule has 17 heavy (non-hydrogen) atoms. The minimum atomic E-state index is -0.909. The summed E-state index contributed by atoms with van der Waals surface area (Å²) in [6.45, 7) is 3.87. The molecule has 0 radical (unpaired) electrons. The lowest BCUT2D eigenvalue weighted by Crippen LogP contribution is -2.42. The van der Waals surface area contributed by atoms with Crippen molar-refractivity contribution in [2.24, 2.45) is 5.92 Å². The Labute approximate surface area is 103 Å². The zero-order chi connectivity index (χ0) is 12.5. The monoisotopic (exact) mass is 234 g/mol. The van der Waals surface area contributed by atoms with Gasteiger partial charge in [0.25, 0.3) is 0 Å². The highest BCUT2D eigenvalue weighted by molar-refractivity contribution is 5.27. The summed E-state index contributed by atoms with van der Waals surface area (Å²) < 4.78 is 0. The molecule has 0 bridgehead atoms. The molecule has 1 fully saturated rings. The van der Waals surface area contributed by atoms with Crippen molar-refractivity contribution in [2.45, 2.75) is 50.7 Å². The second-order valence-corrected chi connectivity index (χ2v) is 5.17. The average Bonchev–Trinajstić information content (AvgIpc) is 3.18. The predicted octanol–water partition coefficient (Wildman–Crippen LogP) is 2.70. The maximum atomic E-state index is 10.3. The smallest absolute Gasteiger partial charge is 0.0903 e. The third kappa shape index (κ3) is 2.38. The average molecular weight is 234 g/mol. The molecule has 2 N–H and O–H groups in total. The van der Waals surface area contributed by atoms with Crippen LogP contribution in [0.5, 0.6) is 0 Å². The van der Waals surface area contributed by atoms with Crippen LogP contribution in [-0.2, 0) is 0 Å². The molecule has 2 rings (SSSR count). The summed E-state index contributed by atoms with van der Waals surface area (Å²) in [7, 11) is 0. The van der Waals surface area contributed by atoms with E-state index in [1.807, 2.05) is 32.0 Å². The van der Waals surface area contributed by atoms with Crippen LogP contribution < -0.4 is 0 Å². The Hall–Kier alpha value is -0.860. The molecular weight excluding hydrogens is 212 g/mol. The second-order valence-electron chi connectivity index (χ2n) is 5.17. The lowest BCUT2D eigenvalue weighted by molar-refractivity contribution is -0.0900. The molecule has 1 aliphatic rings. The fourth-order valence-electron chi connectivity index (χ4n) is 2.71. The fraction of sp³-hybridized carbons (Fsp3) is 0.600. The highest BCUT2D eigenvalue weighted by Crippen LogP contribution is 2.52. The minimum Gasteiger partial charge on any atom is -0.390 e. The molecule has 0 aromatic heterocycles. The standard InChI is InChI=1S/C15H22O2/c1-3-15(17,4-2)14(16)13-10-12(13)11-8-6-5-7-9-11/h5-9,12-14,16-17H,3-4,10H2,1-2H3. The van der Waals surface area contributed by atoms with Gasteiger partial charge in [0.1, 0.15) is 0 Å². The van der Waals surface area contributed by atoms with E-state index < -0.39 is 11.7 Å². The van der Waals surface area contributed by atoms with Gasteiger partial charge in [-0.1, -0.05) is 44.2 Å². The summed E-state index contributed by atoms with van der Waals surface area (Å²) in [5, 5.41) is 20.6. The van der Waals surface area contributed by atoms with Crippen LogP contribution in [0.15, 0.2) is 30.3 Å². The van der Waals surface area contributed by atoms with Crippen molar-refractivity contribution in [1.29, 1.82) is 0 Å². The molecule has 0 heterocycles. The van der Waals surface area contributed by atoms with Gasteiger partial charge in [0.15, 0.2) is 0 Å². The van der Waals surface area contributed by atoms with E-state index >= 15 is 0 Å². The summed E-state index contributed by atoms with van der Waals surface area (Å²) in [4.78, 5) is 0. The first kappa shape index (κ1) is 12.6. The van der Waals surface area contributed by atoms with Gasteiger partial charge in [0.2, 0.25) is 0 Å². The van der Waals surface area contributed by atoms with Crippen LogP contribution in [0.25, 0.3) is 0 Å². The van der Waals surface area contributed by atoms with Crippen LogP contribution in [0.1, 0.15) is 44.6 Å². The lowest BCUT2D eigenvalue weighted by atomic mass is 9.87. The Balaban J connectivity index is 2.04. The first-order valence-electron chi connectivity index (χ1n) is 6.57. The van der Waals surface area contributed by atoms with Crippen LogP contribution in [0.4, 0.5) is 0 Å². The zero-order valence-electron chi connectivity index (χ0n) is 10.6. The van der Waals surface area contributed by atoms with E-state index in [-0.39, 0.29) is 5.92 Å². The molecule has 0 saturated heterocycles. The van der Waals surface area contributed by atoms with Crippen LogP contribution >= 0.6 is 0 Å². The van der Waals surface area contributed by atoms with Crippen molar-refractivity contribution in [3.8, 4) is 0 Å². The molecule has 94 valence electrons. The molecule has 0 aliphatic heterocycles. The van der Waals surface area contributed by atoms with E-state index in [1.165, 1.54) is 5.56 Å². The summed E-state index contributed by atoms with van der Waals surface area (Å²) in [6, 6.07) is 10.3. The number of aliphatic hydroxyl groups is 2. The second kappa shape index (κ2) is 4.79. The van der Waals surface area contributed by atoms with E-state index in [0.717, 1.165) is 6.42 Å². The Kier molecular flexibility index (Phi) is 3.55. The van der Waals surface area contributed by atoms with Gasteiger partial charge in [-0.3, -0.25) is 0 Å². The van der Waals surface area contributed by atoms with Crippen molar-refractivity contribution in [1.82, 2.24) is 0 Å². The number of rotatable bonds is 5. The summed E-state index contributed by atoms with van der Waals surface area (Å²) in [5.41, 5.74) is 0.375. The molecule has 1 aromatic rings. The molecule has 1 saturated carbocycles. The normalized spacial score (nSPS) is 25.6. The quantitative estimate of drug-likeness (QED) is 0.822. The molecular formula is C15H22O2. The lowest BCUT2D eigenvalue weighted by Gasteiger charge is -2.31. The fourth-order valence-corrected chi connectivity index (χ4v) is 2.71. The molecule has 0 spiro atoms. The number of hydrogen-bond donors (Lipinski definition) is 2. The van der Waals surface area contributed by atoms with Gasteiger partial charge >= 0.3 is 0 Å². The van der Waals surface area contributed by atoms with Gasteiger partial charge in [0.05, 0.1) is 11.7 Å². The number of aliphatic hydroxyl groups excluding tert-OH is 1. The molecule has 2 heteroatoms. The Morgan fingerprint density at radius 2 is 1.82 bits per heavy atom. The van der Waals surface area contributed by atoms with Crippen molar-refractivity contribution in [3.63, 3.8) is 0 Å². The van der Waals surface area contributed by atoms with Crippen molar-refractivity contribution in [3.05, 3.63) is 35.9 Å². The van der Waals surface area contributed by atoms with Crippen molar-refractivity contribution in [2.75, 3.05) is 0 Å². The molecule has 2 nitrogen and oxygen atoms in total. The Morgan fingerprint density at radius 3 is 2.35 bits per heavy atom. The van der Waals surface area contributed by atoms with E-state index in [1.54, 1.807) is 0 Å². The summed E-state index contributed by atoms with van der Waals surface area (Å²) >= 11 is 0. The third-order valence-electron chi connectivity index (χ3n) is 4.25. The van der Waals surface area contributed by atoms with Crippen LogP contribution in [0.3, 0.4) is 0 Å². The summed E-state index contributed by atoms with van der Waals surface area (Å²) in [5.74, 6) is 0.651. The SMILES string of the molecule is CCC(O)(CC)C(O)C1CC1c1ccccc1. The van der Waals surface area contributed by atoms with Gasteiger partial charge in [-0.25, -0.2) is 0 Å². The Bertz CT molecular complexity index is 356. The van der Waals surface area contributed by atoms with Crippen LogP contribution in [0, 0.1) is 5.92 Å². The van der Waals surface area contributed by atoms with Crippen LogP contribution in [0.2, 0.25) is 0 Å². The molecule has 1 aliphatic carbocycles. The molecule has 3 unspecified atom stereocenters. The predicted molar refractivity (Wildman–Crippen MR) is 68.8 cm³/mol. The van der Waals surface area contributed by atoms with E-state index in [2.05, 4.69) is 12.1 Å². The van der Waals surface area contributed by atoms with Gasteiger partial charge in [-0.15, -0.1) is 0 Å². The first-order valence-corrected chi connectivity index (χ1v) is 6.57.